The number of likely N-dealkylation sites (tertiary alicyclic amines) is 1. The van der Waals surface area contributed by atoms with Gasteiger partial charge in [-0.15, -0.1) is 0 Å². The van der Waals surface area contributed by atoms with Crippen molar-refractivity contribution in [1.29, 1.82) is 0 Å². The lowest BCUT2D eigenvalue weighted by Gasteiger charge is -2.36. The predicted octanol–water partition coefficient (Wildman–Crippen LogP) is 5.03. The number of ketones is 2. The average Bonchev–Trinajstić information content (AvgIpc) is 3.97. The molecule has 0 spiro atoms. The summed E-state index contributed by atoms with van der Waals surface area (Å²) in [7, 11) is 3.14. The number of nitrogens with zero attached hydrogens (tertiary/aromatic N) is 2. The van der Waals surface area contributed by atoms with E-state index in [4.69, 9.17) is 28.4 Å². The Labute approximate surface area is 478 Å². The molecule has 0 bridgehead atoms. The number of aryl methyl sites for hydroxylation is 1. The van der Waals surface area contributed by atoms with Crippen molar-refractivity contribution in [3.05, 3.63) is 82.9 Å². The number of ether oxygens (including phenoxy) is 6. The van der Waals surface area contributed by atoms with Crippen molar-refractivity contribution < 1.29 is 76.4 Å². The van der Waals surface area contributed by atoms with Gasteiger partial charge in [0.25, 0.3) is 23.6 Å². The summed E-state index contributed by atoms with van der Waals surface area (Å²) in [5.41, 5.74) is 1.49. The summed E-state index contributed by atoms with van der Waals surface area (Å²) in [5.74, 6) is -3.97. The Morgan fingerprint density at radius 3 is 2.09 bits per heavy atom. The van der Waals surface area contributed by atoms with Crippen LogP contribution < -0.4 is 35.5 Å². The van der Waals surface area contributed by atoms with Crippen molar-refractivity contribution >= 4 is 64.5 Å². The molecular formula is C60H78N6O16. The van der Waals surface area contributed by atoms with Crippen molar-refractivity contribution in [3.8, 4) is 17.2 Å². The van der Waals surface area contributed by atoms with Gasteiger partial charge >= 0.3 is 0 Å². The topological polar surface area (TPSA) is 281 Å². The van der Waals surface area contributed by atoms with Gasteiger partial charge in [0.1, 0.15) is 11.8 Å². The smallest absolute Gasteiger partial charge is 0.291 e. The van der Waals surface area contributed by atoms with Crippen LogP contribution in [-0.2, 0) is 59.0 Å². The molecule has 3 aromatic rings. The molecule has 0 saturated carbocycles. The highest BCUT2D eigenvalue weighted by molar-refractivity contribution is 6.38. The second-order valence-electron chi connectivity index (χ2n) is 21.0. The van der Waals surface area contributed by atoms with Crippen LogP contribution in [0.4, 0.5) is 5.69 Å². The van der Waals surface area contributed by atoms with Gasteiger partial charge in [-0.05, 0) is 111 Å². The van der Waals surface area contributed by atoms with Crippen LogP contribution in [0.5, 0.6) is 17.2 Å². The molecule has 0 radical (unpaired) electrons. The number of anilines is 1. The average molecular weight is 1140 g/mol. The number of nitrogens with one attached hydrogen (secondary N) is 4. The van der Waals surface area contributed by atoms with Gasteiger partial charge in [-0.3, -0.25) is 58.2 Å². The summed E-state index contributed by atoms with van der Waals surface area (Å²) in [5, 5.41) is 10.6. The molecule has 3 aliphatic rings. The molecule has 8 amide bonds. The number of Topliss-reactive ketones (excluding diaryl/α,β-unsaturated/α-hetero) is 2. The van der Waals surface area contributed by atoms with Gasteiger partial charge in [-0.1, -0.05) is 45.0 Å². The molecule has 82 heavy (non-hydrogen) atoms. The zero-order valence-electron chi connectivity index (χ0n) is 47.7. The highest BCUT2D eigenvalue weighted by atomic mass is 16.5. The molecular weight excluding hydrogens is 1060 g/mol. The van der Waals surface area contributed by atoms with Gasteiger partial charge < -0.3 is 49.3 Å². The summed E-state index contributed by atoms with van der Waals surface area (Å²) in [6.07, 6.45) is 4.72. The summed E-state index contributed by atoms with van der Waals surface area (Å²) in [4.78, 5) is 132. The fourth-order valence-corrected chi connectivity index (χ4v) is 9.79. The van der Waals surface area contributed by atoms with E-state index in [0.29, 0.717) is 121 Å². The summed E-state index contributed by atoms with van der Waals surface area (Å²) in [6.45, 7) is 8.04. The van der Waals surface area contributed by atoms with Crippen molar-refractivity contribution in [2.24, 2.45) is 5.41 Å². The van der Waals surface area contributed by atoms with E-state index in [1.165, 1.54) is 23.1 Å². The molecule has 0 aromatic heterocycles. The number of hydrogen-bond donors (Lipinski definition) is 4. The highest BCUT2D eigenvalue weighted by Crippen LogP contribution is 2.36. The van der Waals surface area contributed by atoms with E-state index in [1.807, 2.05) is 43.3 Å². The number of methoxy groups -OCH3 is 2. The van der Waals surface area contributed by atoms with Crippen LogP contribution >= 0.6 is 0 Å². The Kier molecular flexibility index (Phi) is 24.5. The number of rotatable bonds is 34. The standard InChI is InChI=1S/C60H78N6O16/c1-6-60(2,3)55(72)59(76)65-28-8-7-16-44(65)46(67)37-41(20-18-39-19-22-47(77-4)49(35-39)78-5)40-13-9-14-42(36-40)63-51(69)25-24-50(68)61-26-11-29-79-31-33-81-34-32-80-30-12-27-62-53(71)38-82-48-17-10-15-43-54(48)58(75)66(57(43)74)45-21-23-52(70)64-56(45)73/h9-10,13-15,17,19,22,35-36,41,44-45H,6-8,11-12,16,18,20-21,23-34,37-38H2,1-5H3,(H,61,68)(H,62,71)(H,63,69)(H,64,70,73)/t41-,44?,45?/m0/s1. The zero-order chi connectivity index (χ0) is 59.2. The molecule has 4 N–H and O–H groups in total. The van der Waals surface area contributed by atoms with E-state index in [-0.39, 0.29) is 72.5 Å². The zero-order valence-corrected chi connectivity index (χ0v) is 47.7. The van der Waals surface area contributed by atoms with E-state index in [1.54, 1.807) is 34.1 Å². The molecule has 3 atom stereocenters. The lowest BCUT2D eigenvalue weighted by atomic mass is 9.82. The van der Waals surface area contributed by atoms with E-state index in [2.05, 4.69) is 21.3 Å². The SMILES string of the molecule is CCC(C)(C)C(=O)C(=O)N1CCCCC1C(=O)C[C@H](CCc1ccc(OC)c(OC)c1)c1cccc(NC(=O)CCC(=O)NCCCOCCOCCOCCCNC(=O)COc2cccc3c2C(=O)N(C2CCC(=O)NC2=O)C3=O)c1. The van der Waals surface area contributed by atoms with Crippen molar-refractivity contribution in [2.45, 2.75) is 122 Å². The Morgan fingerprint density at radius 1 is 0.732 bits per heavy atom. The minimum Gasteiger partial charge on any atom is -0.493 e. The second-order valence-corrected chi connectivity index (χ2v) is 21.0. The molecule has 22 nitrogen and oxygen atoms in total. The molecule has 3 aromatic carbocycles. The summed E-state index contributed by atoms with van der Waals surface area (Å²) < 4.78 is 33.3. The van der Waals surface area contributed by atoms with Crippen molar-refractivity contribution in [2.75, 3.05) is 85.4 Å². The molecule has 0 aliphatic carbocycles. The first kappa shape index (κ1) is 63.6. The largest absolute Gasteiger partial charge is 0.493 e. The Balaban J connectivity index is 0.824. The molecule has 22 heteroatoms. The van der Waals surface area contributed by atoms with Crippen LogP contribution in [0.2, 0.25) is 0 Å². The molecule has 6 rings (SSSR count). The number of amides is 8. The molecule has 2 unspecified atom stereocenters. The number of hydrogen-bond acceptors (Lipinski definition) is 16. The predicted molar refractivity (Wildman–Crippen MR) is 299 cm³/mol. The maximum absolute atomic E-state index is 14.3. The second kappa shape index (κ2) is 31.6. The van der Waals surface area contributed by atoms with Crippen LogP contribution in [0.1, 0.15) is 136 Å². The first-order valence-corrected chi connectivity index (χ1v) is 28.2. The van der Waals surface area contributed by atoms with Gasteiger partial charge in [0, 0.05) is 69.6 Å². The molecule has 444 valence electrons. The molecule has 2 fully saturated rings. The normalized spacial score (nSPS) is 16.5. The summed E-state index contributed by atoms with van der Waals surface area (Å²) in [6, 6.07) is 15.6. The monoisotopic (exact) mass is 1140 g/mol. The van der Waals surface area contributed by atoms with Crippen LogP contribution in [0.3, 0.4) is 0 Å². The van der Waals surface area contributed by atoms with Crippen molar-refractivity contribution in [1.82, 2.24) is 25.8 Å². The van der Waals surface area contributed by atoms with Crippen LogP contribution in [0.25, 0.3) is 0 Å². The number of piperidine rings is 2. The number of benzene rings is 3. The molecule has 2 saturated heterocycles. The fraction of sp³-hybridized carbons (Fsp3) is 0.533. The quantitative estimate of drug-likeness (QED) is 0.0347. The van der Waals surface area contributed by atoms with E-state index in [0.717, 1.165) is 22.4 Å². The number of fused-ring (bicyclic) bond motifs is 1. The fourth-order valence-electron chi connectivity index (χ4n) is 9.79. The Bertz CT molecular complexity index is 2780. The van der Waals surface area contributed by atoms with Gasteiger partial charge in [-0.2, -0.15) is 0 Å². The third kappa shape index (κ3) is 18.0. The lowest BCUT2D eigenvalue weighted by Crippen LogP contribution is -2.54. The molecule has 3 heterocycles. The maximum atomic E-state index is 14.3. The Morgan fingerprint density at radius 2 is 1.40 bits per heavy atom. The van der Waals surface area contributed by atoms with Crippen LogP contribution in [0.15, 0.2) is 60.7 Å². The van der Waals surface area contributed by atoms with Gasteiger partial charge in [0.2, 0.25) is 29.4 Å². The highest BCUT2D eigenvalue weighted by Gasteiger charge is 2.46. The number of carbonyl (C=O) groups is 10. The Hall–Kier alpha value is -7.56. The summed E-state index contributed by atoms with van der Waals surface area (Å²) >= 11 is 0. The molecule has 3 aliphatic heterocycles. The first-order chi connectivity index (χ1) is 39.5. The van der Waals surface area contributed by atoms with E-state index >= 15 is 0 Å². The third-order valence-corrected chi connectivity index (χ3v) is 14.8. The third-order valence-electron chi connectivity index (χ3n) is 14.8. The van der Waals surface area contributed by atoms with E-state index < -0.39 is 65.3 Å². The van der Waals surface area contributed by atoms with Gasteiger partial charge in [-0.25, -0.2) is 0 Å². The minimum absolute atomic E-state index is 0.00587. The van der Waals surface area contributed by atoms with Gasteiger partial charge in [0.05, 0.1) is 57.8 Å². The minimum atomic E-state index is -1.12. The van der Waals surface area contributed by atoms with Gasteiger partial charge in [0.15, 0.2) is 23.9 Å². The lowest BCUT2D eigenvalue weighted by molar-refractivity contribution is -0.153. The first-order valence-electron chi connectivity index (χ1n) is 28.2. The number of carbonyl (C=O) groups excluding carboxylic acids is 10. The maximum Gasteiger partial charge on any atom is 0.291 e. The number of imide groups is 2. The van der Waals surface area contributed by atoms with Crippen LogP contribution in [-0.4, -0.2) is 161 Å². The van der Waals surface area contributed by atoms with Crippen molar-refractivity contribution in [3.63, 3.8) is 0 Å². The van der Waals surface area contributed by atoms with Crippen LogP contribution in [0, 0.1) is 5.41 Å². The van der Waals surface area contributed by atoms with E-state index in [9.17, 15) is 47.9 Å².